The van der Waals surface area contributed by atoms with Gasteiger partial charge in [-0.05, 0) is 48.9 Å². The average Bonchev–Trinajstić information content (AvgIpc) is 2.82. The zero-order valence-electron chi connectivity index (χ0n) is 18.0. The van der Waals surface area contributed by atoms with Gasteiger partial charge in [0, 0.05) is 12.4 Å². The molecule has 0 radical (unpaired) electrons. The number of pyridine rings is 2. The number of aromatic nitrogens is 2. The van der Waals surface area contributed by atoms with Crippen LogP contribution >= 0.6 is 0 Å². The van der Waals surface area contributed by atoms with Gasteiger partial charge in [0.2, 0.25) is 11.8 Å². The average molecular weight is 450 g/mol. The third-order valence-corrected chi connectivity index (χ3v) is 4.25. The molecule has 1 aromatic carbocycles. The first-order valence-electron chi connectivity index (χ1n) is 9.87. The Kier molecular flexibility index (Phi) is 7.90. The van der Waals surface area contributed by atoms with Crippen LogP contribution in [-0.4, -0.2) is 48.0 Å². The molecule has 170 valence electrons. The van der Waals surface area contributed by atoms with E-state index in [9.17, 15) is 14.4 Å². The number of hydrogen-bond acceptors (Lipinski definition) is 8. The summed E-state index contributed by atoms with van der Waals surface area (Å²) in [5, 5.41) is 5.05. The van der Waals surface area contributed by atoms with Crippen LogP contribution in [0, 0.1) is 6.92 Å². The van der Waals surface area contributed by atoms with Gasteiger partial charge in [0.05, 0.1) is 25.5 Å². The molecule has 0 atom stereocenters. The Labute approximate surface area is 189 Å². The van der Waals surface area contributed by atoms with E-state index in [-0.39, 0.29) is 18.0 Å². The molecular formula is C23H22N4O6. The van der Waals surface area contributed by atoms with Crippen molar-refractivity contribution < 1.29 is 28.6 Å². The number of carbonyl (C=O) groups excluding carboxylic acids is 3. The molecule has 0 bridgehead atoms. The molecule has 0 aliphatic rings. The standard InChI is InChI=1S/C23H22N4O6/c1-15-7-8-19(31-2)18(11-15)27-20(28)13-26-21(29)14-32-23(30)17-6-4-10-25-22(17)33-16-5-3-9-24-12-16/h3-12H,13-14H2,1-2H3,(H,26,29)(H,27,28). The fraction of sp³-hybridized carbons (Fsp3) is 0.174. The van der Waals surface area contributed by atoms with Crippen LogP contribution < -0.4 is 20.1 Å². The van der Waals surface area contributed by atoms with Crippen LogP contribution in [0.2, 0.25) is 0 Å². The van der Waals surface area contributed by atoms with Crippen LogP contribution in [-0.2, 0) is 14.3 Å². The van der Waals surface area contributed by atoms with Crippen molar-refractivity contribution >= 4 is 23.5 Å². The summed E-state index contributed by atoms with van der Waals surface area (Å²) in [6, 6.07) is 11.7. The molecule has 10 heteroatoms. The molecule has 3 aromatic rings. The second kappa shape index (κ2) is 11.2. The van der Waals surface area contributed by atoms with Crippen molar-refractivity contribution in [2.24, 2.45) is 0 Å². The lowest BCUT2D eigenvalue weighted by atomic mass is 10.2. The van der Waals surface area contributed by atoms with Gasteiger partial charge in [0.15, 0.2) is 6.61 Å². The topological polar surface area (TPSA) is 129 Å². The summed E-state index contributed by atoms with van der Waals surface area (Å²) >= 11 is 0. The number of hydrogen-bond donors (Lipinski definition) is 2. The van der Waals surface area contributed by atoms with Crippen LogP contribution in [0.4, 0.5) is 5.69 Å². The van der Waals surface area contributed by atoms with E-state index in [2.05, 4.69) is 20.6 Å². The molecule has 2 aromatic heterocycles. The Morgan fingerprint density at radius 1 is 1.03 bits per heavy atom. The van der Waals surface area contributed by atoms with Crippen molar-refractivity contribution in [1.29, 1.82) is 0 Å². The predicted octanol–water partition coefficient (Wildman–Crippen LogP) is 2.50. The Hall–Kier alpha value is -4.47. The molecule has 0 fully saturated rings. The van der Waals surface area contributed by atoms with Crippen LogP contribution in [0.1, 0.15) is 15.9 Å². The number of ether oxygens (including phenoxy) is 3. The highest BCUT2D eigenvalue weighted by atomic mass is 16.5. The van der Waals surface area contributed by atoms with Crippen molar-refractivity contribution in [3.63, 3.8) is 0 Å². The Morgan fingerprint density at radius 2 is 1.85 bits per heavy atom. The first-order valence-corrected chi connectivity index (χ1v) is 9.87. The van der Waals surface area contributed by atoms with Crippen molar-refractivity contribution in [2.75, 3.05) is 25.6 Å². The van der Waals surface area contributed by atoms with E-state index < -0.39 is 24.4 Å². The molecule has 0 aliphatic heterocycles. The summed E-state index contributed by atoms with van der Waals surface area (Å²) in [5.74, 6) is -1.01. The summed E-state index contributed by atoms with van der Waals surface area (Å²) < 4.78 is 15.8. The summed E-state index contributed by atoms with van der Waals surface area (Å²) in [4.78, 5) is 44.6. The van der Waals surface area contributed by atoms with Gasteiger partial charge in [-0.1, -0.05) is 6.07 Å². The van der Waals surface area contributed by atoms with Crippen molar-refractivity contribution in [2.45, 2.75) is 6.92 Å². The van der Waals surface area contributed by atoms with Gasteiger partial charge in [0.25, 0.3) is 5.91 Å². The smallest absolute Gasteiger partial charge is 0.344 e. The lowest BCUT2D eigenvalue weighted by Crippen LogP contribution is -2.35. The fourth-order valence-electron chi connectivity index (χ4n) is 2.70. The quantitative estimate of drug-likeness (QED) is 0.476. The molecule has 0 aliphatic carbocycles. The zero-order valence-corrected chi connectivity index (χ0v) is 18.0. The number of nitrogens with one attached hydrogen (secondary N) is 2. The molecule has 2 N–H and O–H groups in total. The van der Waals surface area contributed by atoms with Crippen LogP contribution in [0.3, 0.4) is 0 Å². The molecule has 2 amide bonds. The number of rotatable bonds is 9. The van der Waals surface area contributed by atoms with E-state index >= 15 is 0 Å². The maximum absolute atomic E-state index is 12.4. The lowest BCUT2D eigenvalue weighted by Gasteiger charge is -2.12. The van der Waals surface area contributed by atoms with Crippen molar-refractivity contribution in [3.05, 3.63) is 72.2 Å². The number of anilines is 1. The third-order valence-electron chi connectivity index (χ3n) is 4.25. The first-order chi connectivity index (χ1) is 16.0. The SMILES string of the molecule is COc1ccc(C)cc1NC(=O)CNC(=O)COC(=O)c1cccnc1Oc1cccnc1. The van der Waals surface area contributed by atoms with Gasteiger partial charge in [-0.2, -0.15) is 0 Å². The summed E-state index contributed by atoms with van der Waals surface area (Å²) in [6.07, 6.45) is 4.50. The molecule has 0 saturated carbocycles. The molecule has 2 heterocycles. The Balaban J connectivity index is 1.50. The van der Waals surface area contributed by atoms with Crippen LogP contribution in [0.5, 0.6) is 17.4 Å². The van der Waals surface area contributed by atoms with E-state index in [0.29, 0.717) is 17.2 Å². The molecule has 3 rings (SSSR count). The maximum atomic E-state index is 12.4. The predicted molar refractivity (Wildman–Crippen MR) is 118 cm³/mol. The summed E-state index contributed by atoms with van der Waals surface area (Å²) in [5.41, 5.74) is 1.46. The summed E-state index contributed by atoms with van der Waals surface area (Å²) in [6.45, 7) is 0.984. The van der Waals surface area contributed by atoms with Gasteiger partial charge < -0.3 is 24.8 Å². The minimum Gasteiger partial charge on any atom is -0.495 e. The normalized spacial score (nSPS) is 10.1. The van der Waals surface area contributed by atoms with E-state index in [1.54, 1.807) is 30.5 Å². The third kappa shape index (κ3) is 6.76. The fourth-order valence-corrected chi connectivity index (χ4v) is 2.70. The van der Waals surface area contributed by atoms with E-state index in [0.717, 1.165) is 5.56 Å². The number of benzene rings is 1. The highest BCUT2D eigenvalue weighted by molar-refractivity contribution is 5.97. The summed E-state index contributed by atoms with van der Waals surface area (Å²) in [7, 11) is 1.49. The molecule has 0 spiro atoms. The minimum absolute atomic E-state index is 0.0161. The molecule has 0 unspecified atom stereocenters. The second-order valence-corrected chi connectivity index (χ2v) is 6.75. The van der Waals surface area contributed by atoms with E-state index in [1.807, 2.05) is 13.0 Å². The minimum atomic E-state index is -0.800. The number of esters is 1. The number of nitrogens with zero attached hydrogens (tertiary/aromatic N) is 2. The molecule has 33 heavy (non-hydrogen) atoms. The van der Waals surface area contributed by atoms with Crippen molar-refractivity contribution in [3.8, 4) is 17.4 Å². The lowest BCUT2D eigenvalue weighted by molar-refractivity contribution is -0.126. The maximum Gasteiger partial charge on any atom is 0.344 e. The van der Waals surface area contributed by atoms with Gasteiger partial charge >= 0.3 is 5.97 Å². The number of carbonyl (C=O) groups is 3. The van der Waals surface area contributed by atoms with Gasteiger partial charge in [-0.25, -0.2) is 9.78 Å². The monoisotopic (exact) mass is 450 g/mol. The van der Waals surface area contributed by atoms with Crippen LogP contribution in [0.15, 0.2) is 61.1 Å². The van der Waals surface area contributed by atoms with E-state index in [1.165, 1.54) is 31.6 Å². The largest absolute Gasteiger partial charge is 0.495 e. The van der Waals surface area contributed by atoms with Gasteiger partial charge in [-0.15, -0.1) is 0 Å². The first kappa shape index (κ1) is 23.2. The molecule has 0 saturated heterocycles. The zero-order chi connectivity index (χ0) is 23.6. The van der Waals surface area contributed by atoms with Crippen molar-refractivity contribution in [1.82, 2.24) is 15.3 Å². The molecule has 10 nitrogen and oxygen atoms in total. The number of amides is 2. The number of aryl methyl sites for hydroxylation is 1. The highest BCUT2D eigenvalue weighted by Crippen LogP contribution is 2.25. The van der Waals surface area contributed by atoms with Crippen LogP contribution in [0.25, 0.3) is 0 Å². The number of methoxy groups -OCH3 is 1. The van der Waals surface area contributed by atoms with E-state index in [4.69, 9.17) is 14.2 Å². The molecular weight excluding hydrogens is 428 g/mol. The second-order valence-electron chi connectivity index (χ2n) is 6.75. The highest BCUT2D eigenvalue weighted by Gasteiger charge is 2.18. The Bertz CT molecular complexity index is 1140. The van der Waals surface area contributed by atoms with Gasteiger partial charge in [0.1, 0.15) is 17.1 Å². The Morgan fingerprint density at radius 3 is 2.61 bits per heavy atom. The van der Waals surface area contributed by atoms with Gasteiger partial charge in [-0.3, -0.25) is 14.6 Å².